The number of furan rings is 1. The van der Waals surface area contributed by atoms with Gasteiger partial charge >= 0.3 is 0 Å². The van der Waals surface area contributed by atoms with Crippen LogP contribution in [0.5, 0.6) is 0 Å². The molecule has 0 fully saturated rings. The molecule has 5 nitrogen and oxygen atoms in total. The number of carbonyl (C=O) groups excluding carboxylic acids is 1. The molecule has 0 atom stereocenters. The maximum Gasteiger partial charge on any atom is 0.239 e. The molecule has 0 bridgehead atoms. The van der Waals surface area contributed by atoms with Crippen LogP contribution in [0.25, 0.3) is 0 Å². The lowest BCUT2D eigenvalue weighted by atomic mass is 10.1. The van der Waals surface area contributed by atoms with Crippen molar-refractivity contribution in [1.29, 1.82) is 0 Å². The average Bonchev–Trinajstić information content (AvgIpc) is 3.01. The Morgan fingerprint density at radius 3 is 2.73 bits per heavy atom. The number of hydrogen-bond donors (Lipinski definition) is 3. The first kappa shape index (κ1) is 16.0. The van der Waals surface area contributed by atoms with Gasteiger partial charge in [-0.15, -0.1) is 0 Å². The van der Waals surface area contributed by atoms with Crippen molar-refractivity contribution in [3.8, 4) is 0 Å². The van der Waals surface area contributed by atoms with Gasteiger partial charge in [0.05, 0.1) is 19.4 Å². The van der Waals surface area contributed by atoms with Gasteiger partial charge in [0.2, 0.25) is 5.91 Å². The summed E-state index contributed by atoms with van der Waals surface area (Å²) in [5.41, 5.74) is 3.26. The summed E-state index contributed by atoms with van der Waals surface area (Å²) in [6.07, 6.45) is 1.57. The Morgan fingerprint density at radius 2 is 2.00 bits per heavy atom. The van der Waals surface area contributed by atoms with E-state index in [9.17, 15) is 4.79 Å². The van der Waals surface area contributed by atoms with Crippen molar-refractivity contribution < 1.29 is 9.21 Å². The van der Waals surface area contributed by atoms with Crippen molar-refractivity contribution in [2.75, 3.05) is 11.9 Å². The minimum absolute atomic E-state index is 0.109. The second kappa shape index (κ2) is 7.61. The summed E-state index contributed by atoms with van der Waals surface area (Å²) in [7, 11) is 0. The molecular formula is C16H19N3O2S. The quantitative estimate of drug-likeness (QED) is 0.740. The Hall–Kier alpha value is -2.34. The summed E-state index contributed by atoms with van der Waals surface area (Å²) in [6, 6.07) is 9.54. The van der Waals surface area contributed by atoms with Crippen LogP contribution in [-0.4, -0.2) is 17.6 Å². The molecule has 0 spiro atoms. The number of aryl methyl sites for hydroxylation is 1. The molecule has 6 heteroatoms. The molecule has 1 heterocycles. The van der Waals surface area contributed by atoms with E-state index in [1.165, 1.54) is 5.56 Å². The Morgan fingerprint density at radius 1 is 1.18 bits per heavy atom. The van der Waals surface area contributed by atoms with Crippen LogP contribution in [0.15, 0.2) is 41.0 Å². The third-order valence-electron chi connectivity index (χ3n) is 3.30. The van der Waals surface area contributed by atoms with E-state index in [-0.39, 0.29) is 12.5 Å². The molecule has 0 aliphatic carbocycles. The first-order valence-electron chi connectivity index (χ1n) is 6.96. The highest BCUT2D eigenvalue weighted by molar-refractivity contribution is 7.80. The van der Waals surface area contributed by atoms with Crippen molar-refractivity contribution >= 4 is 28.9 Å². The molecule has 0 saturated heterocycles. The topological polar surface area (TPSA) is 66.3 Å². The zero-order chi connectivity index (χ0) is 15.9. The largest absolute Gasteiger partial charge is 0.467 e. The number of anilines is 1. The number of hydrogen-bond acceptors (Lipinski definition) is 3. The molecule has 22 heavy (non-hydrogen) atoms. The summed E-state index contributed by atoms with van der Waals surface area (Å²) in [6.45, 7) is 4.54. The fourth-order valence-electron chi connectivity index (χ4n) is 1.87. The molecule has 2 rings (SSSR count). The van der Waals surface area contributed by atoms with Crippen LogP contribution in [-0.2, 0) is 11.3 Å². The number of amides is 1. The van der Waals surface area contributed by atoms with Crippen molar-refractivity contribution in [3.05, 3.63) is 53.5 Å². The lowest BCUT2D eigenvalue weighted by molar-refractivity contribution is -0.120. The maximum atomic E-state index is 11.7. The third kappa shape index (κ3) is 4.60. The molecule has 1 amide bonds. The lowest BCUT2D eigenvalue weighted by Crippen LogP contribution is -2.38. The second-order valence-electron chi connectivity index (χ2n) is 4.91. The Bertz CT molecular complexity index is 653. The van der Waals surface area contributed by atoms with E-state index in [0.717, 1.165) is 11.3 Å². The van der Waals surface area contributed by atoms with Crippen molar-refractivity contribution in [3.63, 3.8) is 0 Å². The van der Waals surface area contributed by atoms with Crippen LogP contribution in [0.1, 0.15) is 16.9 Å². The molecule has 0 aliphatic heterocycles. The molecule has 0 unspecified atom stereocenters. The lowest BCUT2D eigenvalue weighted by Gasteiger charge is -2.13. The van der Waals surface area contributed by atoms with E-state index in [1.807, 2.05) is 32.0 Å². The summed E-state index contributed by atoms with van der Waals surface area (Å²) in [5.74, 6) is 0.561. The van der Waals surface area contributed by atoms with Gasteiger partial charge in [-0.25, -0.2) is 0 Å². The minimum Gasteiger partial charge on any atom is -0.467 e. The fraction of sp³-hybridized carbons (Fsp3) is 0.250. The van der Waals surface area contributed by atoms with E-state index >= 15 is 0 Å². The van der Waals surface area contributed by atoms with Crippen molar-refractivity contribution in [2.45, 2.75) is 20.4 Å². The molecule has 1 aromatic carbocycles. The van der Waals surface area contributed by atoms with E-state index in [0.29, 0.717) is 17.4 Å². The zero-order valence-corrected chi connectivity index (χ0v) is 13.4. The predicted molar refractivity (Wildman–Crippen MR) is 90.7 cm³/mol. The Balaban J connectivity index is 1.75. The molecule has 2 aromatic rings. The first-order valence-corrected chi connectivity index (χ1v) is 7.37. The van der Waals surface area contributed by atoms with Crippen LogP contribution in [0.3, 0.4) is 0 Å². The molecule has 0 radical (unpaired) electrons. The van der Waals surface area contributed by atoms with Gasteiger partial charge in [0.15, 0.2) is 5.11 Å². The first-order chi connectivity index (χ1) is 10.6. The Labute approximate surface area is 135 Å². The van der Waals surface area contributed by atoms with Gasteiger partial charge in [-0.2, -0.15) is 0 Å². The van der Waals surface area contributed by atoms with Gasteiger partial charge in [-0.05, 0) is 55.4 Å². The van der Waals surface area contributed by atoms with Gasteiger partial charge in [0.25, 0.3) is 0 Å². The van der Waals surface area contributed by atoms with Crippen molar-refractivity contribution in [2.24, 2.45) is 0 Å². The van der Waals surface area contributed by atoms with Gasteiger partial charge in [0.1, 0.15) is 5.76 Å². The smallest absolute Gasteiger partial charge is 0.239 e. The van der Waals surface area contributed by atoms with E-state index in [2.05, 4.69) is 16.0 Å². The van der Waals surface area contributed by atoms with Crippen LogP contribution in [0, 0.1) is 13.8 Å². The van der Waals surface area contributed by atoms with E-state index in [4.69, 9.17) is 16.6 Å². The van der Waals surface area contributed by atoms with E-state index in [1.54, 1.807) is 18.4 Å². The predicted octanol–water partition coefficient (Wildman–Crippen LogP) is 2.50. The highest BCUT2D eigenvalue weighted by atomic mass is 32.1. The maximum absolute atomic E-state index is 11.7. The van der Waals surface area contributed by atoms with Gasteiger partial charge in [0, 0.05) is 5.69 Å². The number of rotatable bonds is 5. The number of benzene rings is 1. The molecule has 0 aliphatic rings. The van der Waals surface area contributed by atoms with E-state index < -0.39 is 0 Å². The number of nitrogens with one attached hydrogen (secondary N) is 3. The fourth-order valence-corrected chi connectivity index (χ4v) is 2.06. The van der Waals surface area contributed by atoms with Gasteiger partial charge < -0.3 is 20.4 Å². The summed E-state index contributed by atoms with van der Waals surface area (Å²) >= 11 is 5.20. The number of carbonyl (C=O) groups is 1. The third-order valence-corrected chi connectivity index (χ3v) is 3.55. The van der Waals surface area contributed by atoms with Crippen LogP contribution >= 0.6 is 12.2 Å². The van der Waals surface area contributed by atoms with Crippen LogP contribution < -0.4 is 16.0 Å². The monoisotopic (exact) mass is 317 g/mol. The average molecular weight is 317 g/mol. The summed E-state index contributed by atoms with van der Waals surface area (Å²) in [4.78, 5) is 11.7. The molecule has 1 aromatic heterocycles. The highest BCUT2D eigenvalue weighted by Gasteiger charge is 2.06. The summed E-state index contributed by atoms with van der Waals surface area (Å²) < 4.78 is 5.14. The molecule has 116 valence electrons. The second-order valence-corrected chi connectivity index (χ2v) is 5.32. The van der Waals surface area contributed by atoms with Gasteiger partial charge in [-0.1, -0.05) is 12.1 Å². The van der Waals surface area contributed by atoms with Crippen LogP contribution in [0.2, 0.25) is 0 Å². The van der Waals surface area contributed by atoms with Crippen LogP contribution in [0.4, 0.5) is 5.69 Å². The molecule has 3 N–H and O–H groups in total. The standard InChI is InChI=1S/C16H19N3O2S/c1-11-5-3-7-14(12(11)2)19-16(22)18-10-15(20)17-9-13-6-4-8-21-13/h3-8H,9-10H2,1-2H3,(H,17,20)(H2,18,19,22). The summed E-state index contributed by atoms with van der Waals surface area (Å²) in [5, 5.41) is 9.14. The Kier molecular flexibility index (Phi) is 5.55. The minimum atomic E-state index is -0.151. The molecular weight excluding hydrogens is 298 g/mol. The van der Waals surface area contributed by atoms with Crippen molar-refractivity contribution in [1.82, 2.24) is 10.6 Å². The molecule has 0 saturated carbocycles. The number of thiocarbonyl (C=S) groups is 1. The normalized spacial score (nSPS) is 10.1. The zero-order valence-electron chi connectivity index (χ0n) is 12.6. The van der Waals surface area contributed by atoms with Gasteiger partial charge in [-0.3, -0.25) is 4.79 Å². The highest BCUT2D eigenvalue weighted by Crippen LogP contribution is 2.17. The SMILES string of the molecule is Cc1cccc(NC(=S)NCC(=O)NCc2ccco2)c1C.